The largest absolute Gasteiger partial charge is 0.459 e. The van der Waals surface area contributed by atoms with Crippen molar-refractivity contribution in [1.82, 2.24) is 10.2 Å². The summed E-state index contributed by atoms with van der Waals surface area (Å²) in [5.41, 5.74) is 1.17. The zero-order valence-electron chi connectivity index (χ0n) is 18.1. The molecule has 2 aliphatic heterocycles. The van der Waals surface area contributed by atoms with E-state index in [0.29, 0.717) is 29.9 Å². The normalized spacial score (nSPS) is 20.9. The van der Waals surface area contributed by atoms with Crippen molar-refractivity contribution < 1.29 is 18.8 Å². The topological polar surface area (TPSA) is 82.9 Å². The third-order valence-corrected chi connectivity index (χ3v) is 6.56. The molecule has 0 unspecified atom stereocenters. The number of fused-ring (bicyclic) bond motifs is 4. The molecular weight excluding hydrogens is 406 g/mol. The van der Waals surface area contributed by atoms with Gasteiger partial charge in [0, 0.05) is 24.8 Å². The van der Waals surface area contributed by atoms with Crippen LogP contribution in [0.4, 0.5) is 5.69 Å². The van der Waals surface area contributed by atoms with Crippen LogP contribution >= 0.6 is 0 Å². The summed E-state index contributed by atoms with van der Waals surface area (Å²) in [5.74, 6) is 0.360. The van der Waals surface area contributed by atoms with E-state index in [-0.39, 0.29) is 36.7 Å². The van der Waals surface area contributed by atoms with E-state index in [1.165, 1.54) is 0 Å². The average molecular weight is 431 g/mol. The highest BCUT2D eigenvalue weighted by Gasteiger charge is 2.52. The first-order valence-electron chi connectivity index (χ1n) is 10.9. The number of hydrogen-bond acceptors (Lipinski definition) is 4. The van der Waals surface area contributed by atoms with Crippen molar-refractivity contribution in [1.29, 1.82) is 0 Å². The maximum Gasteiger partial charge on any atom is 0.257 e. The third-order valence-electron chi connectivity index (χ3n) is 6.56. The second-order valence-electron chi connectivity index (χ2n) is 8.65. The molecule has 3 aromatic rings. The molecule has 2 aromatic carbocycles. The summed E-state index contributed by atoms with van der Waals surface area (Å²) in [7, 11) is 0. The van der Waals surface area contributed by atoms with Crippen LogP contribution in [0.15, 0.2) is 59.0 Å². The minimum atomic E-state index is -0.757. The Kier molecular flexibility index (Phi) is 4.77. The Balaban J connectivity index is 1.31. The molecular formula is C25H25N3O4. The van der Waals surface area contributed by atoms with Crippen molar-refractivity contribution in [3.8, 4) is 0 Å². The van der Waals surface area contributed by atoms with Gasteiger partial charge in [-0.15, -0.1) is 0 Å². The second kappa shape index (κ2) is 7.51. The van der Waals surface area contributed by atoms with Gasteiger partial charge in [-0.05, 0) is 44.5 Å². The van der Waals surface area contributed by atoms with Crippen molar-refractivity contribution in [3.05, 3.63) is 65.9 Å². The number of para-hydroxylation sites is 2. The zero-order chi connectivity index (χ0) is 22.5. The minimum Gasteiger partial charge on any atom is -0.459 e. The zero-order valence-corrected chi connectivity index (χ0v) is 18.1. The first-order valence-corrected chi connectivity index (χ1v) is 10.9. The van der Waals surface area contributed by atoms with E-state index in [1.54, 1.807) is 21.9 Å². The maximum atomic E-state index is 13.3. The number of hydrogen-bond donors (Lipinski definition) is 1. The van der Waals surface area contributed by atoms with E-state index >= 15 is 0 Å². The molecule has 3 amide bonds. The second-order valence-corrected chi connectivity index (χ2v) is 8.65. The highest BCUT2D eigenvalue weighted by atomic mass is 16.3. The van der Waals surface area contributed by atoms with Crippen molar-refractivity contribution in [2.75, 3.05) is 11.4 Å². The lowest BCUT2D eigenvalue weighted by atomic mass is 9.98. The molecule has 0 aliphatic carbocycles. The van der Waals surface area contributed by atoms with Gasteiger partial charge in [-0.2, -0.15) is 0 Å². The molecule has 3 heterocycles. The van der Waals surface area contributed by atoms with Crippen LogP contribution < -0.4 is 10.2 Å². The predicted molar refractivity (Wildman–Crippen MR) is 120 cm³/mol. The monoisotopic (exact) mass is 431 g/mol. The smallest absolute Gasteiger partial charge is 0.257 e. The molecule has 0 saturated carbocycles. The number of benzene rings is 2. The van der Waals surface area contributed by atoms with Gasteiger partial charge in [-0.1, -0.05) is 30.3 Å². The lowest BCUT2D eigenvalue weighted by Gasteiger charge is -2.48. The Morgan fingerprint density at radius 1 is 1.16 bits per heavy atom. The molecule has 1 N–H and O–H groups in total. The number of nitrogens with one attached hydrogen (secondary N) is 1. The van der Waals surface area contributed by atoms with Gasteiger partial charge in [0.15, 0.2) is 0 Å². The van der Waals surface area contributed by atoms with Crippen molar-refractivity contribution in [3.63, 3.8) is 0 Å². The quantitative estimate of drug-likeness (QED) is 0.662. The van der Waals surface area contributed by atoms with E-state index < -0.39 is 5.66 Å². The number of rotatable bonds is 5. The molecule has 164 valence electrons. The molecule has 1 fully saturated rings. The Hall–Kier alpha value is -3.61. The fraction of sp³-hybridized carbons (Fsp3) is 0.320. The van der Waals surface area contributed by atoms with Gasteiger partial charge >= 0.3 is 0 Å². The van der Waals surface area contributed by atoms with Gasteiger partial charge < -0.3 is 14.6 Å². The molecule has 0 spiro atoms. The van der Waals surface area contributed by atoms with E-state index in [4.69, 9.17) is 4.42 Å². The van der Waals surface area contributed by atoms with Crippen LogP contribution in [0.25, 0.3) is 11.0 Å². The first kappa shape index (κ1) is 20.3. The highest BCUT2D eigenvalue weighted by molar-refractivity contribution is 6.10. The molecule has 5 rings (SSSR count). The fourth-order valence-corrected chi connectivity index (χ4v) is 4.86. The molecule has 1 aromatic heterocycles. The van der Waals surface area contributed by atoms with E-state index in [2.05, 4.69) is 5.32 Å². The van der Waals surface area contributed by atoms with Gasteiger partial charge in [0.1, 0.15) is 17.0 Å². The van der Waals surface area contributed by atoms with Gasteiger partial charge in [-0.3, -0.25) is 19.3 Å². The summed E-state index contributed by atoms with van der Waals surface area (Å²) in [6.45, 7) is 4.00. The fourth-order valence-electron chi connectivity index (χ4n) is 4.86. The number of carbonyl (C=O) groups is 3. The molecule has 7 nitrogen and oxygen atoms in total. The van der Waals surface area contributed by atoms with Crippen molar-refractivity contribution >= 4 is 34.4 Å². The summed E-state index contributed by atoms with van der Waals surface area (Å²) < 4.78 is 5.84. The SMILES string of the molecule is C[C@@H](NC(=O)CCN1C(=O)c2ccccc2N2C(=O)CC[C@]12C)c1cc2ccccc2o1. The van der Waals surface area contributed by atoms with Gasteiger partial charge in [-0.25, -0.2) is 0 Å². The minimum absolute atomic E-state index is 0.000379. The van der Waals surface area contributed by atoms with Crippen LogP contribution in [0.3, 0.4) is 0 Å². The molecule has 0 bridgehead atoms. The summed E-state index contributed by atoms with van der Waals surface area (Å²) >= 11 is 0. The number of nitrogens with zero attached hydrogens (tertiary/aromatic N) is 2. The van der Waals surface area contributed by atoms with Gasteiger partial charge in [0.2, 0.25) is 11.8 Å². The Morgan fingerprint density at radius 3 is 2.72 bits per heavy atom. The number of amides is 3. The van der Waals surface area contributed by atoms with Crippen LogP contribution in [0.1, 0.15) is 55.3 Å². The van der Waals surface area contributed by atoms with Crippen LogP contribution in [-0.4, -0.2) is 34.8 Å². The molecule has 32 heavy (non-hydrogen) atoms. The van der Waals surface area contributed by atoms with Gasteiger partial charge in [0.25, 0.3) is 5.91 Å². The Morgan fingerprint density at radius 2 is 1.91 bits per heavy atom. The Bertz CT molecular complexity index is 1200. The standard InChI is InChI=1S/C25H25N3O4/c1-16(21-15-17-7-3-6-10-20(17)32-21)26-22(29)12-14-27-24(31)18-8-4-5-9-19(18)28-23(30)11-13-25(27,28)2/h3-10,15-16H,11-14H2,1-2H3,(H,26,29)/t16-,25-/m1/s1. The van der Waals surface area contributed by atoms with Crippen molar-refractivity contribution in [2.45, 2.75) is 44.8 Å². The van der Waals surface area contributed by atoms with E-state index in [1.807, 2.05) is 56.3 Å². The number of carbonyl (C=O) groups excluding carboxylic acids is 3. The predicted octanol–water partition coefficient (Wildman–Crippen LogP) is 4.00. The molecule has 7 heteroatoms. The van der Waals surface area contributed by atoms with Gasteiger partial charge in [0.05, 0.1) is 17.3 Å². The summed E-state index contributed by atoms with van der Waals surface area (Å²) in [4.78, 5) is 42.0. The molecule has 2 aliphatic rings. The summed E-state index contributed by atoms with van der Waals surface area (Å²) in [6, 6.07) is 16.5. The first-order chi connectivity index (χ1) is 15.4. The van der Waals surface area contributed by atoms with Crippen LogP contribution in [-0.2, 0) is 9.59 Å². The van der Waals surface area contributed by atoms with Crippen molar-refractivity contribution in [2.24, 2.45) is 0 Å². The lowest BCUT2D eigenvalue weighted by Crippen LogP contribution is -2.62. The molecule has 1 saturated heterocycles. The van der Waals surface area contributed by atoms with E-state index in [0.717, 1.165) is 11.0 Å². The third kappa shape index (κ3) is 3.16. The maximum absolute atomic E-state index is 13.3. The van der Waals surface area contributed by atoms with Crippen LogP contribution in [0.5, 0.6) is 0 Å². The Labute approximate surface area is 186 Å². The van der Waals surface area contributed by atoms with Crippen LogP contribution in [0.2, 0.25) is 0 Å². The van der Waals surface area contributed by atoms with Crippen LogP contribution in [0, 0.1) is 0 Å². The molecule has 0 radical (unpaired) electrons. The summed E-state index contributed by atoms with van der Waals surface area (Å²) in [5, 5.41) is 3.95. The number of anilines is 1. The highest BCUT2D eigenvalue weighted by Crippen LogP contribution is 2.44. The number of furan rings is 1. The average Bonchev–Trinajstić information content (AvgIpc) is 3.35. The van der Waals surface area contributed by atoms with E-state index in [9.17, 15) is 14.4 Å². The molecule has 2 atom stereocenters. The lowest BCUT2D eigenvalue weighted by molar-refractivity contribution is -0.122. The summed E-state index contributed by atoms with van der Waals surface area (Å²) in [6.07, 6.45) is 1.06.